The molecule has 0 spiro atoms. The van der Waals surface area contributed by atoms with Crippen LogP contribution < -0.4 is 0 Å². The zero-order valence-corrected chi connectivity index (χ0v) is 11.0. The summed E-state index contributed by atoms with van der Waals surface area (Å²) in [6.45, 7) is 6.97. The molecule has 2 unspecified atom stereocenters. The maximum absolute atomic E-state index is 11.8. The van der Waals surface area contributed by atoms with Crippen molar-refractivity contribution in [1.82, 2.24) is 4.90 Å². The summed E-state index contributed by atoms with van der Waals surface area (Å²) in [5, 5.41) is 10.0. The maximum Gasteiger partial charge on any atom is 0.410 e. The number of aliphatic hydroxyl groups excluding tert-OH is 1. The van der Waals surface area contributed by atoms with Crippen LogP contribution in [0.3, 0.4) is 0 Å². The van der Waals surface area contributed by atoms with E-state index < -0.39 is 5.60 Å². The minimum Gasteiger partial charge on any atom is -0.444 e. The molecule has 0 bridgehead atoms. The van der Waals surface area contributed by atoms with E-state index in [1.807, 2.05) is 20.8 Å². The highest BCUT2D eigenvalue weighted by Gasteiger charge is 2.40. The van der Waals surface area contributed by atoms with Gasteiger partial charge in [-0.25, -0.2) is 4.79 Å². The molecule has 4 heteroatoms. The highest BCUT2D eigenvalue weighted by Crippen LogP contribution is 2.38. The van der Waals surface area contributed by atoms with Gasteiger partial charge in [0, 0.05) is 19.0 Å². The summed E-state index contributed by atoms with van der Waals surface area (Å²) >= 11 is 0. The Bertz CT molecular complexity index is 294. The fourth-order valence-electron chi connectivity index (χ4n) is 2.38. The molecule has 1 amide bonds. The van der Waals surface area contributed by atoms with E-state index in [9.17, 15) is 9.90 Å². The van der Waals surface area contributed by atoms with Crippen LogP contribution in [-0.2, 0) is 4.74 Å². The van der Waals surface area contributed by atoms with Crippen molar-refractivity contribution in [1.29, 1.82) is 0 Å². The second-order valence-corrected chi connectivity index (χ2v) is 6.30. The van der Waals surface area contributed by atoms with Crippen LogP contribution >= 0.6 is 0 Å². The van der Waals surface area contributed by atoms with Gasteiger partial charge in [0.1, 0.15) is 5.60 Å². The lowest BCUT2D eigenvalue weighted by Gasteiger charge is -2.25. The minimum absolute atomic E-state index is 0.220. The van der Waals surface area contributed by atoms with Gasteiger partial charge in [-0.3, -0.25) is 0 Å². The third kappa shape index (κ3) is 3.35. The number of hydrogen-bond donors (Lipinski definition) is 1. The second-order valence-electron chi connectivity index (χ2n) is 6.30. The van der Waals surface area contributed by atoms with Crippen molar-refractivity contribution in [2.75, 3.05) is 13.1 Å². The molecular weight excluding hydrogens is 218 g/mol. The van der Waals surface area contributed by atoms with Crippen LogP contribution in [0.4, 0.5) is 4.79 Å². The summed E-state index contributed by atoms with van der Waals surface area (Å²) in [6.07, 6.45) is 2.72. The van der Waals surface area contributed by atoms with Crippen LogP contribution in [0.1, 0.15) is 40.0 Å². The molecule has 0 aromatic rings. The van der Waals surface area contributed by atoms with Gasteiger partial charge >= 0.3 is 6.09 Å². The van der Waals surface area contributed by atoms with Crippen LogP contribution in [0.25, 0.3) is 0 Å². The Kier molecular flexibility index (Phi) is 3.34. The SMILES string of the molecule is CC(C)(C)OC(=O)N1CCC(C(O)C2CC2)C1. The Labute approximate surface area is 103 Å². The van der Waals surface area contributed by atoms with Crippen molar-refractivity contribution in [2.24, 2.45) is 11.8 Å². The van der Waals surface area contributed by atoms with E-state index in [2.05, 4.69) is 0 Å². The van der Waals surface area contributed by atoms with Crippen molar-refractivity contribution >= 4 is 6.09 Å². The van der Waals surface area contributed by atoms with Crippen LogP contribution in [-0.4, -0.2) is 40.9 Å². The summed E-state index contributed by atoms with van der Waals surface area (Å²) < 4.78 is 5.33. The fourth-order valence-corrected chi connectivity index (χ4v) is 2.38. The molecule has 98 valence electrons. The summed E-state index contributed by atoms with van der Waals surface area (Å²) in [5.74, 6) is 0.730. The first kappa shape index (κ1) is 12.7. The van der Waals surface area contributed by atoms with Crippen molar-refractivity contribution in [3.63, 3.8) is 0 Å². The molecular formula is C13H23NO3. The van der Waals surface area contributed by atoms with Gasteiger partial charge in [-0.2, -0.15) is 0 Å². The van der Waals surface area contributed by atoms with E-state index >= 15 is 0 Å². The van der Waals surface area contributed by atoms with Gasteiger partial charge in [0.05, 0.1) is 6.10 Å². The molecule has 1 saturated carbocycles. The molecule has 1 aliphatic carbocycles. The number of amides is 1. The predicted molar refractivity (Wildman–Crippen MR) is 64.6 cm³/mol. The molecule has 2 aliphatic rings. The number of rotatable bonds is 2. The van der Waals surface area contributed by atoms with Crippen LogP contribution in [0, 0.1) is 11.8 Å². The molecule has 4 nitrogen and oxygen atoms in total. The quantitative estimate of drug-likeness (QED) is 0.804. The van der Waals surface area contributed by atoms with E-state index in [0.29, 0.717) is 19.0 Å². The Morgan fingerprint density at radius 3 is 2.47 bits per heavy atom. The lowest BCUT2D eigenvalue weighted by molar-refractivity contribution is 0.0261. The molecule has 17 heavy (non-hydrogen) atoms. The normalized spacial score (nSPS) is 27.1. The summed E-state index contributed by atoms with van der Waals surface area (Å²) in [7, 11) is 0. The average Bonchev–Trinajstić information content (AvgIpc) is 2.91. The number of hydrogen-bond acceptors (Lipinski definition) is 3. The molecule has 0 aromatic carbocycles. The molecule has 1 N–H and O–H groups in total. The monoisotopic (exact) mass is 241 g/mol. The number of carbonyl (C=O) groups excluding carboxylic acids is 1. The number of nitrogens with zero attached hydrogens (tertiary/aromatic N) is 1. The van der Waals surface area contributed by atoms with Gasteiger partial charge in [-0.1, -0.05) is 0 Å². The van der Waals surface area contributed by atoms with Gasteiger partial charge in [-0.15, -0.1) is 0 Å². The van der Waals surface area contributed by atoms with E-state index in [-0.39, 0.29) is 18.1 Å². The third-order valence-corrected chi connectivity index (χ3v) is 3.46. The van der Waals surface area contributed by atoms with Gasteiger partial charge < -0.3 is 14.7 Å². The molecule has 1 heterocycles. The van der Waals surface area contributed by atoms with Crippen molar-refractivity contribution in [3.05, 3.63) is 0 Å². The topological polar surface area (TPSA) is 49.8 Å². The Balaban J connectivity index is 1.82. The fraction of sp³-hybridized carbons (Fsp3) is 0.923. The standard InChI is InChI=1S/C13H23NO3/c1-13(2,3)17-12(16)14-7-6-10(8-14)11(15)9-4-5-9/h9-11,15H,4-8H2,1-3H3. The van der Waals surface area contributed by atoms with Crippen LogP contribution in [0.2, 0.25) is 0 Å². The molecule has 2 fully saturated rings. The predicted octanol–water partition coefficient (Wildman–Crippen LogP) is 2.01. The number of ether oxygens (including phenoxy) is 1. The summed E-state index contributed by atoms with van der Waals surface area (Å²) in [4.78, 5) is 13.6. The smallest absolute Gasteiger partial charge is 0.410 e. The summed E-state index contributed by atoms with van der Waals surface area (Å²) in [6, 6.07) is 0. The highest BCUT2D eigenvalue weighted by molar-refractivity contribution is 5.68. The Morgan fingerprint density at radius 2 is 1.94 bits per heavy atom. The molecule has 0 radical (unpaired) electrons. The van der Waals surface area contributed by atoms with Crippen molar-refractivity contribution in [3.8, 4) is 0 Å². The molecule has 1 aliphatic heterocycles. The first-order valence-corrected chi connectivity index (χ1v) is 6.53. The summed E-state index contributed by atoms with van der Waals surface area (Å²) in [5.41, 5.74) is -0.440. The number of likely N-dealkylation sites (tertiary alicyclic amines) is 1. The Hall–Kier alpha value is -0.770. The van der Waals surface area contributed by atoms with Crippen molar-refractivity contribution in [2.45, 2.75) is 51.7 Å². The van der Waals surface area contributed by atoms with Crippen LogP contribution in [0.15, 0.2) is 0 Å². The molecule has 2 rings (SSSR count). The maximum atomic E-state index is 11.8. The van der Waals surface area contributed by atoms with Gasteiger partial charge in [0.2, 0.25) is 0 Å². The first-order chi connectivity index (χ1) is 7.87. The zero-order valence-electron chi connectivity index (χ0n) is 11.0. The average molecular weight is 241 g/mol. The van der Waals surface area contributed by atoms with E-state index in [1.165, 1.54) is 0 Å². The molecule has 1 saturated heterocycles. The number of carbonyl (C=O) groups is 1. The van der Waals surface area contributed by atoms with Gasteiger partial charge in [0.15, 0.2) is 0 Å². The van der Waals surface area contributed by atoms with E-state index in [1.54, 1.807) is 4.90 Å². The lowest BCUT2D eigenvalue weighted by atomic mass is 9.98. The largest absolute Gasteiger partial charge is 0.444 e. The van der Waals surface area contributed by atoms with Gasteiger partial charge in [0.25, 0.3) is 0 Å². The zero-order chi connectivity index (χ0) is 12.6. The molecule has 2 atom stereocenters. The van der Waals surface area contributed by atoms with Crippen LogP contribution in [0.5, 0.6) is 0 Å². The number of aliphatic hydroxyl groups is 1. The van der Waals surface area contributed by atoms with E-state index in [4.69, 9.17) is 4.74 Å². The molecule has 0 aromatic heterocycles. The Morgan fingerprint density at radius 1 is 1.29 bits per heavy atom. The third-order valence-electron chi connectivity index (χ3n) is 3.46. The van der Waals surface area contributed by atoms with Gasteiger partial charge in [-0.05, 0) is 46.0 Å². The minimum atomic E-state index is -0.440. The van der Waals surface area contributed by atoms with Crippen molar-refractivity contribution < 1.29 is 14.6 Å². The first-order valence-electron chi connectivity index (χ1n) is 6.53. The lowest BCUT2D eigenvalue weighted by Crippen LogP contribution is -2.36. The second kappa shape index (κ2) is 4.48. The highest BCUT2D eigenvalue weighted by atomic mass is 16.6. The van der Waals surface area contributed by atoms with E-state index in [0.717, 1.165) is 19.3 Å².